The summed E-state index contributed by atoms with van der Waals surface area (Å²) in [6.07, 6.45) is 0. The van der Waals surface area contributed by atoms with Crippen molar-refractivity contribution in [3.8, 4) is 0 Å². The molecule has 1 aliphatic rings. The van der Waals surface area contributed by atoms with Crippen LogP contribution in [0.15, 0.2) is 36.4 Å². The van der Waals surface area contributed by atoms with Crippen molar-refractivity contribution in [2.45, 2.75) is 26.2 Å². The molecule has 0 spiro atoms. The van der Waals surface area contributed by atoms with Gasteiger partial charge in [0.25, 0.3) is 0 Å². The first-order chi connectivity index (χ1) is 24.4. The second-order valence-corrected chi connectivity index (χ2v) is 12.0. The van der Waals surface area contributed by atoms with Gasteiger partial charge in [-0.2, -0.15) is 23.5 Å². The van der Waals surface area contributed by atoms with Crippen LogP contribution in [0.5, 0.6) is 0 Å². The Morgan fingerprint density at radius 3 is 0.842 bits per heavy atom. The Labute approximate surface area is 351 Å². The third kappa shape index (κ3) is 82.7. The number of nitro groups is 2. The topological polar surface area (TPSA) is 222 Å². The number of halogens is 12. The molecule has 0 saturated heterocycles. The summed E-state index contributed by atoms with van der Waals surface area (Å²) >= 11 is 3.95. The van der Waals surface area contributed by atoms with Crippen LogP contribution in [0.25, 0.3) is 0 Å². The van der Waals surface area contributed by atoms with E-state index in [1.165, 1.54) is 0 Å². The molecule has 2 radical (unpaired) electrons. The van der Waals surface area contributed by atoms with Crippen molar-refractivity contribution >= 4 is 45.3 Å². The van der Waals surface area contributed by atoms with Crippen molar-refractivity contribution in [1.29, 1.82) is 0 Å². The number of fused-ring (bicyclic) bond motifs is 4. The fourth-order valence-corrected chi connectivity index (χ4v) is 4.66. The Hall–Kier alpha value is -2.05. The Kier molecular flexibility index (Phi) is 51.4. The molecular weight excluding hydrogens is 948 g/mol. The van der Waals surface area contributed by atoms with Gasteiger partial charge in [0.05, 0.1) is 22.8 Å². The summed E-state index contributed by atoms with van der Waals surface area (Å²) in [5.41, 5.74) is 4.47. The third-order valence-corrected chi connectivity index (χ3v) is 6.62. The summed E-state index contributed by atoms with van der Waals surface area (Å²) in [6.45, 7) is 7.33. The predicted molar refractivity (Wildman–Crippen MR) is 192 cm³/mol. The van der Waals surface area contributed by atoms with Gasteiger partial charge in [-0.05, 0) is 24.3 Å². The van der Waals surface area contributed by atoms with Crippen molar-refractivity contribution in [2.24, 2.45) is 0 Å². The van der Waals surface area contributed by atoms with Gasteiger partial charge in [0, 0.05) is 85.2 Å². The summed E-state index contributed by atoms with van der Waals surface area (Å²) in [5, 5.41) is 31.6. The summed E-state index contributed by atoms with van der Waals surface area (Å²) in [6, 6.07) is 12.6. The van der Waals surface area contributed by atoms with Crippen LogP contribution >= 0.6 is 23.5 Å². The Morgan fingerprint density at radius 1 is 0.526 bits per heavy atom. The molecule has 342 valence electrons. The maximum Gasteiger partial charge on any atom is 2.00 e. The van der Waals surface area contributed by atoms with Crippen molar-refractivity contribution in [2.75, 3.05) is 63.3 Å². The fourth-order valence-electron chi connectivity index (χ4n) is 3.10. The fraction of sp³-hybridized carbons (Fsp3) is 0.583. The molecule has 2 aromatic heterocycles. The molecule has 4 bridgehead atoms. The number of nitrogens with one attached hydrogen (secondary N) is 4. The van der Waals surface area contributed by atoms with Gasteiger partial charge in [0.1, 0.15) is 0 Å². The van der Waals surface area contributed by atoms with Gasteiger partial charge in [0.15, 0.2) is 14.1 Å². The van der Waals surface area contributed by atoms with E-state index < -0.39 is 31.6 Å². The van der Waals surface area contributed by atoms with E-state index in [1.54, 1.807) is 0 Å². The zero-order valence-electron chi connectivity index (χ0n) is 30.0. The van der Waals surface area contributed by atoms with E-state index in [2.05, 4.69) is 57.7 Å². The zero-order valence-corrected chi connectivity index (χ0v) is 33.5. The second-order valence-electron chi connectivity index (χ2n) is 9.54. The van der Waals surface area contributed by atoms with Gasteiger partial charge in [-0.1, -0.05) is 12.1 Å². The SMILES string of the molecule is C[N+](=O)[O-].C[N+](=O)[O-].F[B-](F)(F)F.F[B-](F)(F)F.F[B-](F)(F)F.O.[Cu+2].[Cu+2].[OH-].c1cc2nc(c1)CNCCSCCNCc1cccc(n1)CNCCSCCNC2. The first kappa shape index (κ1) is 69.6. The molecular formula is C24H43B3Cu2F12N8O6S2. The average Bonchev–Trinajstić information content (AvgIpc) is 2.96. The Bertz CT molecular complexity index is 1080. The smallest absolute Gasteiger partial charge is 0.870 e. The van der Waals surface area contributed by atoms with Crippen LogP contribution in [0, 0.1) is 20.2 Å². The molecule has 0 atom stereocenters. The number of rotatable bonds is 0. The maximum atomic E-state index is 9.75. The molecule has 0 unspecified atom stereocenters. The molecule has 3 rings (SSSR count). The molecule has 0 fully saturated rings. The van der Waals surface area contributed by atoms with Gasteiger partial charge in [-0.3, -0.25) is 30.2 Å². The summed E-state index contributed by atoms with van der Waals surface area (Å²) in [5.74, 6) is 4.44. The number of pyridine rings is 2. The van der Waals surface area contributed by atoms with Gasteiger partial charge < -0.3 is 84.0 Å². The number of aromatic nitrogens is 2. The molecule has 33 heteroatoms. The van der Waals surface area contributed by atoms with Crippen LogP contribution in [0.1, 0.15) is 22.8 Å². The molecule has 0 saturated carbocycles. The number of hydrogen-bond donors (Lipinski definition) is 4. The standard InChI is InChI=1S/C22H34N6S2.2CH3NO2.3BF4.2Cu.2H2O/c1-3-19-15-23-7-11-29-13-9-25-17-21-5-2-6-22(28-21)18-26-10-14-30-12-8-24-16-20(4-1)27-19;2*1-2(3)4;3*2-1(3,4)5;;;;/h1-6,23-26H,7-18H2;2*1H3;;;;;;2*1H2/q;;;3*-1;2*+2;;/p-1. The average molecular weight is 991 g/mol. The molecule has 14 nitrogen and oxygen atoms in total. The summed E-state index contributed by atoms with van der Waals surface area (Å²) in [7, 11) is -16.2. The third-order valence-electron chi connectivity index (χ3n) is 4.65. The van der Waals surface area contributed by atoms with Crippen LogP contribution in [0.3, 0.4) is 0 Å². The van der Waals surface area contributed by atoms with E-state index in [0.29, 0.717) is 0 Å². The molecule has 0 amide bonds. The zero-order chi connectivity index (χ0) is 41.3. The van der Waals surface area contributed by atoms with Crippen molar-refractivity contribution in [3.05, 3.63) is 79.4 Å². The molecule has 2 aromatic rings. The predicted octanol–water partition coefficient (Wildman–Crippen LogP) is 4.69. The number of hydrogen-bond acceptors (Lipinski definition) is 13. The van der Waals surface area contributed by atoms with E-state index in [0.717, 1.165) is 112 Å². The molecule has 3 heterocycles. The molecule has 1 aliphatic heterocycles. The maximum absolute atomic E-state index is 9.75. The van der Waals surface area contributed by atoms with E-state index in [4.69, 9.17) is 30.2 Å². The van der Waals surface area contributed by atoms with E-state index in [9.17, 15) is 51.8 Å². The molecule has 0 aromatic carbocycles. The Morgan fingerprint density at radius 2 is 0.684 bits per heavy atom. The van der Waals surface area contributed by atoms with Crippen LogP contribution in [0.4, 0.5) is 51.8 Å². The van der Waals surface area contributed by atoms with Gasteiger partial charge in [-0.25, -0.2) is 0 Å². The minimum Gasteiger partial charge on any atom is -0.870 e. The van der Waals surface area contributed by atoms with Crippen molar-refractivity contribution in [1.82, 2.24) is 31.2 Å². The second kappa shape index (κ2) is 42.1. The normalized spacial score (nSPS) is 14.0. The minimum atomic E-state index is -6.00. The summed E-state index contributed by atoms with van der Waals surface area (Å²) < 4.78 is 117. The van der Waals surface area contributed by atoms with Crippen molar-refractivity contribution < 1.29 is 107 Å². The van der Waals surface area contributed by atoms with E-state index >= 15 is 0 Å². The molecule has 0 aliphatic carbocycles. The van der Waals surface area contributed by atoms with Crippen molar-refractivity contribution in [3.63, 3.8) is 0 Å². The number of nitrogens with zero attached hydrogens (tertiary/aromatic N) is 4. The first-order valence-electron chi connectivity index (χ1n) is 15.0. The Balaban J connectivity index is -0.000000153. The van der Waals surface area contributed by atoms with Crippen LogP contribution < -0.4 is 21.3 Å². The van der Waals surface area contributed by atoms with Gasteiger partial charge >= 0.3 is 55.9 Å². The molecule has 57 heavy (non-hydrogen) atoms. The quantitative estimate of drug-likeness (QED) is 0.122. The van der Waals surface area contributed by atoms with Crippen LogP contribution in [0.2, 0.25) is 0 Å². The van der Waals surface area contributed by atoms with Crippen LogP contribution in [-0.4, -0.2) is 116 Å². The molecule has 7 N–H and O–H groups in total. The van der Waals surface area contributed by atoms with Gasteiger partial charge in [0.2, 0.25) is 0 Å². The van der Waals surface area contributed by atoms with E-state index in [-0.39, 0.29) is 45.1 Å². The largest absolute Gasteiger partial charge is 2.00 e. The van der Waals surface area contributed by atoms with E-state index in [1.807, 2.05) is 23.5 Å². The number of thioether (sulfide) groups is 2. The van der Waals surface area contributed by atoms with Gasteiger partial charge in [-0.15, -0.1) is 0 Å². The monoisotopic (exact) mass is 990 g/mol. The minimum absolute atomic E-state index is 0. The summed E-state index contributed by atoms with van der Waals surface area (Å²) in [4.78, 5) is 26.1. The first-order valence-corrected chi connectivity index (χ1v) is 17.3. The van der Waals surface area contributed by atoms with Crippen LogP contribution in [-0.2, 0) is 60.3 Å².